The van der Waals surface area contributed by atoms with E-state index in [1.807, 2.05) is 0 Å². The molecular weight excluding hydrogens is 344 g/mol. The average molecular weight is 352 g/mol. The molecule has 122 valence electrons. The summed E-state index contributed by atoms with van der Waals surface area (Å²) in [6.07, 6.45) is 3.07. The molecule has 0 aromatic carbocycles. The first-order valence-corrected chi connectivity index (χ1v) is 8.07. The molecule has 0 unspecified atom stereocenters. The van der Waals surface area contributed by atoms with Crippen LogP contribution < -0.4 is 11.2 Å². The van der Waals surface area contributed by atoms with E-state index in [4.69, 9.17) is 8.83 Å². The number of nitrogens with zero attached hydrogens (tertiary/aromatic N) is 2. The van der Waals surface area contributed by atoms with Gasteiger partial charge in [0.15, 0.2) is 5.76 Å². The van der Waals surface area contributed by atoms with E-state index in [2.05, 4.69) is 20.2 Å². The third kappa shape index (κ3) is 1.99. The maximum Gasteiger partial charge on any atom is 0.326 e. The molecular formula is C16H8N4O4S. The molecule has 0 aliphatic heterocycles. The van der Waals surface area contributed by atoms with Crippen LogP contribution in [0, 0.1) is 0 Å². The number of hydrogen-bond donors (Lipinski definition) is 2. The third-order valence-electron chi connectivity index (χ3n) is 3.81. The summed E-state index contributed by atoms with van der Waals surface area (Å²) >= 11 is 1.15. The Morgan fingerprint density at radius 2 is 1.72 bits per heavy atom. The Morgan fingerprint density at radius 1 is 0.960 bits per heavy atom. The van der Waals surface area contributed by atoms with E-state index in [9.17, 15) is 9.59 Å². The number of aromatic nitrogens is 4. The fourth-order valence-electron chi connectivity index (χ4n) is 2.82. The SMILES string of the molecule is O=c1[nH]c(=O)c2sc3nnc(-c4ccco4)c(-c4ccco4)c3c2[nH]1. The summed E-state index contributed by atoms with van der Waals surface area (Å²) < 4.78 is 11.4. The van der Waals surface area contributed by atoms with Crippen molar-refractivity contribution >= 4 is 31.8 Å². The minimum Gasteiger partial charge on any atom is -0.464 e. The molecule has 0 saturated heterocycles. The Kier molecular flexibility index (Phi) is 2.80. The van der Waals surface area contributed by atoms with E-state index in [0.29, 0.717) is 43.2 Å². The second-order valence-corrected chi connectivity index (χ2v) is 6.27. The van der Waals surface area contributed by atoms with Crippen LogP contribution in [0.15, 0.2) is 55.2 Å². The lowest BCUT2D eigenvalue weighted by molar-refractivity contribution is 0.573. The third-order valence-corrected chi connectivity index (χ3v) is 4.88. The zero-order valence-electron chi connectivity index (χ0n) is 12.4. The van der Waals surface area contributed by atoms with Crippen LogP contribution in [-0.2, 0) is 0 Å². The van der Waals surface area contributed by atoms with Gasteiger partial charge in [0.05, 0.1) is 29.0 Å². The first kappa shape index (κ1) is 13.9. The lowest BCUT2D eigenvalue weighted by atomic mass is 10.1. The summed E-state index contributed by atoms with van der Waals surface area (Å²) in [5.41, 5.74) is 0.430. The second kappa shape index (κ2) is 5.02. The number of rotatable bonds is 2. The largest absolute Gasteiger partial charge is 0.464 e. The molecule has 0 saturated carbocycles. The highest BCUT2D eigenvalue weighted by Gasteiger charge is 2.23. The van der Waals surface area contributed by atoms with Gasteiger partial charge < -0.3 is 13.8 Å². The Balaban J connectivity index is 2.04. The molecule has 0 fully saturated rings. The lowest BCUT2D eigenvalue weighted by Crippen LogP contribution is -2.20. The van der Waals surface area contributed by atoms with Gasteiger partial charge in [0.2, 0.25) is 0 Å². The van der Waals surface area contributed by atoms with Crippen molar-refractivity contribution in [1.82, 2.24) is 20.2 Å². The van der Waals surface area contributed by atoms with Gasteiger partial charge in [-0.25, -0.2) is 4.79 Å². The van der Waals surface area contributed by atoms with E-state index in [0.717, 1.165) is 11.3 Å². The van der Waals surface area contributed by atoms with Gasteiger partial charge in [0.1, 0.15) is 21.0 Å². The van der Waals surface area contributed by atoms with Crippen molar-refractivity contribution in [2.24, 2.45) is 0 Å². The van der Waals surface area contributed by atoms with Crippen molar-refractivity contribution in [2.45, 2.75) is 0 Å². The zero-order chi connectivity index (χ0) is 17.0. The maximum atomic E-state index is 12.1. The van der Waals surface area contributed by atoms with Gasteiger partial charge in [0.25, 0.3) is 5.56 Å². The quantitative estimate of drug-likeness (QED) is 0.504. The van der Waals surface area contributed by atoms with Crippen LogP contribution in [0.25, 0.3) is 43.2 Å². The molecule has 5 aromatic heterocycles. The van der Waals surface area contributed by atoms with Crippen LogP contribution in [0.4, 0.5) is 0 Å². The predicted octanol–water partition coefficient (Wildman–Crippen LogP) is 2.74. The molecule has 8 nitrogen and oxygen atoms in total. The summed E-state index contributed by atoms with van der Waals surface area (Å²) in [6, 6.07) is 7.02. The van der Waals surface area contributed by atoms with Crippen LogP contribution in [0.3, 0.4) is 0 Å². The molecule has 9 heteroatoms. The Morgan fingerprint density at radius 3 is 2.44 bits per heavy atom. The number of thiophene rings is 1. The molecule has 0 radical (unpaired) electrons. The van der Waals surface area contributed by atoms with E-state index in [1.54, 1.807) is 24.3 Å². The van der Waals surface area contributed by atoms with Crippen molar-refractivity contribution in [1.29, 1.82) is 0 Å². The van der Waals surface area contributed by atoms with Gasteiger partial charge in [-0.15, -0.1) is 21.5 Å². The molecule has 5 rings (SSSR count). The molecule has 5 heterocycles. The summed E-state index contributed by atoms with van der Waals surface area (Å²) in [7, 11) is 0. The number of fused-ring (bicyclic) bond motifs is 3. The highest BCUT2D eigenvalue weighted by molar-refractivity contribution is 7.25. The monoisotopic (exact) mass is 352 g/mol. The molecule has 0 bridgehead atoms. The smallest absolute Gasteiger partial charge is 0.326 e. The van der Waals surface area contributed by atoms with E-state index >= 15 is 0 Å². The molecule has 25 heavy (non-hydrogen) atoms. The minimum atomic E-state index is -0.584. The molecule has 0 amide bonds. The van der Waals surface area contributed by atoms with Gasteiger partial charge in [-0.1, -0.05) is 0 Å². The highest BCUT2D eigenvalue weighted by atomic mass is 32.1. The van der Waals surface area contributed by atoms with E-state index in [1.165, 1.54) is 12.5 Å². The standard InChI is InChI=1S/C16H8N4O4S/c21-14-13-12(17-16(22)18-14)10-9(7-3-1-5-23-7)11(8-4-2-6-24-8)19-20-15(10)25-13/h1-6H,(H2,17,18,21,22). The predicted molar refractivity (Wildman–Crippen MR) is 91.6 cm³/mol. The maximum absolute atomic E-state index is 12.1. The van der Waals surface area contributed by atoms with Gasteiger partial charge in [0, 0.05) is 0 Å². The normalized spacial score (nSPS) is 11.5. The summed E-state index contributed by atoms with van der Waals surface area (Å²) in [4.78, 5) is 29.3. The molecule has 0 aliphatic rings. The Bertz CT molecular complexity index is 1330. The molecule has 0 aliphatic carbocycles. The Labute approximate surface area is 141 Å². The highest BCUT2D eigenvalue weighted by Crippen LogP contribution is 2.41. The minimum absolute atomic E-state index is 0.369. The van der Waals surface area contributed by atoms with Gasteiger partial charge in [-0.2, -0.15) is 0 Å². The summed E-state index contributed by atoms with van der Waals surface area (Å²) in [5, 5.41) is 9.06. The zero-order valence-corrected chi connectivity index (χ0v) is 13.2. The molecule has 0 atom stereocenters. The number of H-pyrrole nitrogens is 2. The van der Waals surface area contributed by atoms with Gasteiger partial charge in [-0.3, -0.25) is 9.78 Å². The molecule has 2 N–H and O–H groups in total. The number of furan rings is 2. The second-order valence-electron chi connectivity index (χ2n) is 5.27. The molecule has 0 spiro atoms. The van der Waals surface area contributed by atoms with Crippen LogP contribution in [-0.4, -0.2) is 20.2 Å². The van der Waals surface area contributed by atoms with E-state index in [-0.39, 0.29) is 0 Å². The van der Waals surface area contributed by atoms with Crippen LogP contribution >= 0.6 is 11.3 Å². The van der Waals surface area contributed by atoms with Crippen molar-refractivity contribution in [3.8, 4) is 22.8 Å². The molecule has 5 aromatic rings. The summed E-state index contributed by atoms with van der Waals surface area (Å²) in [6.45, 7) is 0. The van der Waals surface area contributed by atoms with Crippen LogP contribution in [0.1, 0.15) is 0 Å². The number of aromatic amines is 2. The fraction of sp³-hybridized carbons (Fsp3) is 0. The average Bonchev–Trinajstić information content (AvgIpc) is 3.34. The van der Waals surface area contributed by atoms with Crippen molar-refractivity contribution in [3.63, 3.8) is 0 Å². The van der Waals surface area contributed by atoms with Crippen molar-refractivity contribution in [3.05, 3.63) is 57.6 Å². The van der Waals surface area contributed by atoms with Crippen LogP contribution in [0.2, 0.25) is 0 Å². The number of nitrogens with one attached hydrogen (secondary N) is 2. The van der Waals surface area contributed by atoms with Gasteiger partial charge in [-0.05, 0) is 24.3 Å². The topological polar surface area (TPSA) is 118 Å². The lowest BCUT2D eigenvalue weighted by Gasteiger charge is -2.05. The van der Waals surface area contributed by atoms with E-state index < -0.39 is 11.2 Å². The van der Waals surface area contributed by atoms with Crippen LogP contribution in [0.5, 0.6) is 0 Å². The Hall–Kier alpha value is -3.46. The van der Waals surface area contributed by atoms with Crippen molar-refractivity contribution in [2.75, 3.05) is 0 Å². The first-order valence-electron chi connectivity index (χ1n) is 7.25. The van der Waals surface area contributed by atoms with Gasteiger partial charge >= 0.3 is 5.69 Å². The first-order chi connectivity index (χ1) is 12.2. The fourth-order valence-corrected chi connectivity index (χ4v) is 3.80. The summed E-state index contributed by atoms with van der Waals surface area (Å²) in [5.74, 6) is 1.04. The number of hydrogen-bond acceptors (Lipinski definition) is 7. The van der Waals surface area contributed by atoms with Crippen molar-refractivity contribution < 1.29 is 8.83 Å².